The number of amides is 4. The van der Waals surface area contributed by atoms with Crippen molar-refractivity contribution in [3.63, 3.8) is 0 Å². The van der Waals surface area contributed by atoms with Crippen molar-refractivity contribution in [1.82, 2.24) is 15.1 Å². The second-order valence-corrected chi connectivity index (χ2v) is 7.35. The minimum atomic E-state index is -0.525. The Morgan fingerprint density at radius 2 is 2.16 bits per heavy atom. The number of Topliss-reactive ketones (excluding diaryl/α,β-unsaturated/α-hetero) is 1. The van der Waals surface area contributed by atoms with E-state index in [2.05, 4.69) is 5.32 Å². The van der Waals surface area contributed by atoms with E-state index in [-0.39, 0.29) is 36.5 Å². The van der Waals surface area contributed by atoms with Crippen LogP contribution in [0.4, 0.5) is 4.79 Å². The highest BCUT2D eigenvalue weighted by atomic mass is 32.1. The van der Waals surface area contributed by atoms with Gasteiger partial charge in [0.15, 0.2) is 5.78 Å². The Kier molecular flexibility index (Phi) is 5.17. The quantitative estimate of drug-likeness (QED) is 0.820. The lowest BCUT2D eigenvalue weighted by Gasteiger charge is -2.34. The summed E-state index contributed by atoms with van der Waals surface area (Å²) in [6.07, 6.45) is 1.70. The highest BCUT2D eigenvalue weighted by Gasteiger charge is 2.33. The van der Waals surface area contributed by atoms with Gasteiger partial charge in [0.25, 0.3) is 0 Å². The molecule has 0 saturated carbocycles. The van der Waals surface area contributed by atoms with Crippen LogP contribution in [-0.4, -0.2) is 59.6 Å². The number of carbonyl (C=O) groups excluding carboxylic acids is 4. The van der Waals surface area contributed by atoms with E-state index in [4.69, 9.17) is 0 Å². The third-order valence-electron chi connectivity index (χ3n) is 4.69. The number of thiophene rings is 1. The summed E-state index contributed by atoms with van der Waals surface area (Å²) in [5.74, 6) is -0.764. The number of nitrogens with zero attached hydrogens (tertiary/aromatic N) is 2. The molecule has 0 aliphatic carbocycles. The predicted octanol–water partition coefficient (Wildman–Crippen LogP) is 1.42. The van der Waals surface area contributed by atoms with Gasteiger partial charge >= 0.3 is 6.03 Å². The van der Waals surface area contributed by atoms with Gasteiger partial charge in [-0.1, -0.05) is 0 Å². The molecule has 0 unspecified atom stereocenters. The summed E-state index contributed by atoms with van der Waals surface area (Å²) in [5.41, 5.74) is 0.967. The van der Waals surface area contributed by atoms with E-state index in [0.29, 0.717) is 19.6 Å². The molecule has 0 bridgehead atoms. The number of piperidine rings is 1. The van der Waals surface area contributed by atoms with Crippen LogP contribution < -0.4 is 5.32 Å². The molecule has 1 aromatic rings. The lowest BCUT2D eigenvalue weighted by Crippen LogP contribution is -2.54. The standard InChI is InChI=1S/C17H21N3O4S/c1-11-5-8-25-16(11)15(23)12-3-2-7-19(9-12)14(22)10-20-13(21)4-6-18-17(20)24/h5,8,12H,2-4,6-7,9-10H2,1H3,(H,18,24)/t12-/m0/s1. The number of ketones is 1. The molecule has 2 aliphatic rings. The monoisotopic (exact) mass is 363 g/mol. The Labute approximate surface area is 150 Å². The van der Waals surface area contributed by atoms with Crippen molar-refractivity contribution in [3.05, 3.63) is 21.9 Å². The molecule has 134 valence electrons. The van der Waals surface area contributed by atoms with Gasteiger partial charge in [-0.2, -0.15) is 0 Å². The van der Waals surface area contributed by atoms with Crippen LogP contribution in [0.3, 0.4) is 0 Å². The molecule has 0 spiro atoms. The average molecular weight is 363 g/mol. The molecule has 1 N–H and O–H groups in total. The Bertz CT molecular complexity index is 699. The van der Waals surface area contributed by atoms with Crippen LogP contribution in [-0.2, 0) is 9.59 Å². The van der Waals surface area contributed by atoms with Crippen LogP contribution in [0.15, 0.2) is 11.4 Å². The first-order valence-electron chi connectivity index (χ1n) is 8.41. The van der Waals surface area contributed by atoms with Gasteiger partial charge in [0, 0.05) is 32.0 Å². The smallest absolute Gasteiger partial charge is 0.324 e. The van der Waals surface area contributed by atoms with Gasteiger partial charge in [-0.15, -0.1) is 11.3 Å². The maximum atomic E-state index is 12.7. The topological polar surface area (TPSA) is 86.8 Å². The van der Waals surface area contributed by atoms with Crippen LogP contribution in [0.1, 0.15) is 34.5 Å². The van der Waals surface area contributed by atoms with Gasteiger partial charge in [-0.05, 0) is 36.8 Å². The molecule has 25 heavy (non-hydrogen) atoms. The molecule has 0 radical (unpaired) electrons. The number of rotatable bonds is 4. The lowest BCUT2D eigenvalue weighted by atomic mass is 9.92. The fraction of sp³-hybridized carbons (Fsp3) is 0.529. The number of likely N-dealkylation sites (tertiary alicyclic amines) is 1. The Morgan fingerprint density at radius 1 is 1.36 bits per heavy atom. The van der Waals surface area contributed by atoms with Gasteiger partial charge in [0.1, 0.15) is 6.54 Å². The van der Waals surface area contributed by atoms with Crippen molar-refractivity contribution >= 4 is 35.0 Å². The van der Waals surface area contributed by atoms with Gasteiger partial charge in [0.05, 0.1) is 4.88 Å². The second-order valence-electron chi connectivity index (χ2n) is 6.44. The van der Waals surface area contributed by atoms with Crippen molar-refractivity contribution in [2.45, 2.75) is 26.2 Å². The molecule has 3 rings (SSSR count). The van der Waals surface area contributed by atoms with Gasteiger partial charge < -0.3 is 10.2 Å². The van der Waals surface area contributed by atoms with E-state index in [1.54, 1.807) is 4.90 Å². The first-order chi connectivity index (χ1) is 12.0. The number of nitrogens with one attached hydrogen (secondary N) is 1. The number of imide groups is 1. The zero-order valence-electron chi connectivity index (χ0n) is 14.1. The summed E-state index contributed by atoms with van der Waals surface area (Å²) in [6.45, 7) is 2.86. The Balaban J connectivity index is 1.63. The highest BCUT2D eigenvalue weighted by molar-refractivity contribution is 7.12. The van der Waals surface area contributed by atoms with Gasteiger partial charge in [0.2, 0.25) is 11.8 Å². The van der Waals surface area contributed by atoms with Crippen molar-refractivity contribution in [3.8, 4) is 0 Å². The largest absolute Gasteiger partial charge is 0.340 e. The molecule has 1 aromatic heterocycles. The molecule has 0 aromatic carbocycles. The van der Waals surface area contributed by atoms with Crippen molar-refractivity contribution < 1.29 is 19.2 Å². The van der Waals surface area contributed by atoms with E-state index in [9.17, 15) is 19.2 Å². The minimum absolute atomic E-state index is 0.0804. The molecule has 2 aliphatic heterocycles. The zero-order chi connectivity index (χ0) is 18.0. The van der Waals surface area contributed by atoms with Crippen LogP contribution in [0.25, 0.3) is 0 Å². The van der Waals surface area contributed by atoms with Gasteiger partial charge in [-0.25, -0.2) is 4.79 Å². The van der Waals surface area contributed by atoms with Crippen LogP contribution in [0.5, 0.6) is 0 Å². The molecule has 1 atom stereocenters. The summed E-state index contributed by atoms with van der Waals surface area (Å²) in [7, 11) is 0. The molecule has 8 heteroatoms. The second kappa shape index (κ2) is 7.35. The minimum Gasteiger partial charge on any atom is -0.340 e. The number of aryl methyl sites for hydroxylation is 1. The number of carbonyl (C=O) groups is 4. The van der Waals surface area contributed by atoms with Crippen molar-refractivity contribution in [2.24, 2.45) is 5.92 Å². The normalized spacial score (nSPS) is 21.2. The number of hydrogen-bond acceptors (Lipinski definition) is 5. The maximum absolute atomic E-state index is 12.7. The fourth-order valence-electron chi connectivity index (χ4n) is 3.24. The van der Waals surface area contributed by atoms with Gasteiger partial charge in [-0.3, -0.25) is 19.3 Å². The molecule has 2 saturated heterocycles. The third kappa shape index (κ3) is 3.73. The van der Waals surface area contributed by atoms with E-state index in [1.807, 2.05) is 18.4 Å². The number of hydrogen-bond donors (Lipinski definition) is 1. The Hall–Kier alpha value is -2.22. The summed E-state index contributed by atoms with van der Waals surface area (Å²) in [4.78, 5) is 52.1. The van der Waals surface area contributed by atoms with Crippen molar-refractivity contribution in [1.29, 1.82) is 0 Å². The summed E-state index contributed by atoms with van der Waals surface area (Å²) in [6, 6.07) is 1.40. The third-order valence-corrected chi connectivity index (χ3v) is 5.72. The molecular weight excluding hydrogens is 342 g/mol. The van der Waals surface area contributed by atoms with E-state index in [1.165, 1.54) is 11.3 Å². The highest BCUT2D eigenvalue weighted by Crippen LogP contribution is 2.25. The van der Waals surface area contributed by atoms with Crippen LogP contribution in [0.2, 0.25) is 0 Å². The van der Waals surface area contributed by atoms with E-state index in [0.717, 1.165) is 28.2 Å². The summed E-state index contributed by atoms with van der Waals surface area (Å²) >= 11 is 1.43. The molecule has 7 nitrogen and oxygen atoms in total. The predicted molar refractivity (Wildman–Crippen MR) is 92.4 cm³/mol. The molecule has 3 heterocycles. The lowest BCUT2D eigenvalue weighted by molar-refractivity contribution is -0.139. The van der Waals surface area contributed by atoms with Crippen molar-refractivity contribution in [2.75, 3.05) is 26.2 Å². The first-order valence-corrected chi connectivity index (χ1v) is 9.29. The van der Waals surface area contributed by atoms with E-state index >= 15 is 0 Å². The van der Waals surface area contributed by atoms with Crippen LogP contribution >= 0.6 is 11.3 Å². The first kappa shape index (κ1) is 17.6. The van der Waals surface area contributed by atoms with Crippen LogP contribution in [0, 0.1) is 12.8 Å². The number of urea groups is 1. The molecule has 2 fully saturated rings. The molecule has 4 amide bonds. The maximum Gasteiger partial charge on any atom is 0.324 e. The molecular formula is C17H21N3O4S. The average Bonchev–Trinajstić information content (AvgIpc) is 3.03. The summed E-state index contributed by atoms with van der Waals surface area (Å²) in [5, 5.41) is 4.46. The Morgan fingerprint density at radius 3 is 2.84 bits per heavy atom. The van der Waals surface area contributed by atoms with E-state index < -0.39 is 6.03 Å². The SMILES string of the molecule is Cc1ccsc1C(=O)[C@H]1CCCN(C(=O)CN2C(=O)CCNC2=O)C1. The fourth-order valence-corrected chi connectivity index (χ4v) is 4.19. The summed E-state index contributed by atoms with van der Waals surface area (Å²) < 4.78 is 0. The zero-order valence-corrected chi connectivity index (χ0v) is 14.9.